The SMILES string of the molecule is CC(C)CC(NC(=O)c1ncc(-c2ccccc2)[nH]1)C(=O)NC(CC1CCNC1=O)C(=O)COC(F)(F)F. The maximum Gasteiger partial charge on any atom is 0.522 e. The summed E-state index contributed by atoms with van der Waals surface area (Å²) in [5, 5.41) is 7.61. The fourth-order valence-electron chi connectivity index (χ4n) is 4.08. The molecule has 10 nitrogen and oxygen atoms in total. The summed E-state index contributed by atoms with van der Waals surface area (Å²) >= 11 is 0. The second-order valence-electron chi connectivity index (χ2n) is 9.44. The van der Waals surface area contributed by atoms with Crippen LogP contribution in [-0.4, -0.2) is 65.1 Å². The van der Waals surface area contributed by atoms with Gasteiger partial charge in [-0.05, 0) is 30.7 Å². The molecule has 0 spiro atoms. The van der Waals surface area contributed by atoms with E-state index < -0.39 is 48.6 Å². The fraction of sp³-hybridized carbons (Fsp3) is 0.480. The Labute approximate surface area is 217 Å². The Morgan fingerprint density at radius 3 is 2.45 bits per heavy atom. The average molecular weight is 538 g/mol. The van der Waals surface area contributed by atoms with Crippen LogP contribution in [-0.2, 0) is 19.1 Å². The normalized spacial score (nSPS) is 17.1. The Morgan fingerprint density at radius 1 is 1.13 bits per heavy atom. The van der Waals surface area contributed by atoms with Gasteiger partial charge in [0.15, 0.2) is 11.6 Å². The fourth-order valence-corrected chi connectivity index (χ4v) is 4.08. The Bertz CT molecular complexity index is 1140. The van der Waals surface area contributed by atoms with Crippen LogP contribution in [0.3, 0.4) is 0 Å². The molecule has 3 unspecified atom stereocenters. The molecule has 2 heterocycles. The minimum Gasteiger partial charge on any atom is -0.356 e. The summed E-state index contributed by atoms with van der Waals surface area (Å²) in [6, 6.07) is 6.61. The summed E-state index contributed by atoms with van der Waals surface area (Å²) in [6.45, 7) is 2.67. The van der Waals surface area contributed by atoms with E-state index in [1.54, 1.807) is 0 Å². The number of hydrogen-bond acceptors (Lipinski definition) is 6. The monoisotopic (exact) mass is 537 g/mol. The van der Waals surface area contributed by atoms with Gasteiger partial charge < -0.3 is 20.9 Å². The van der Waals surface area contributed by atoms with Gasteiger partial charge in [-0.2, -0.15) is 0 Å². The summed E-state index contributed by atoms with van der Waals surface area (Å²) in [5.74, 6) is -3.61. The molecule has 1 aliphatic heterocycles. The lowest BCUT2D eigenvalue weighted by Gasteiger charge is -2.25. The summed E-state index contributed by atoms with van der Waals surface area (Å²) in [6.07, 6.45) is -3.21. The maximum absolute atomic E-state index is 13.2. The van der Waals surface area contributed by atoms with Crippen LogP contribution in [0.25, 0.3) is 11.3 Å². The van der Waals surface area contributed by atoms with Crippen LogP contribution >= 0.6 is 0 Å². The highest BCUT2D eigenvalue weighted by atomic mass is 19.4. The number of ketones is 1. The van der Waals surface area contributed by atoms with E-state index in [1.807, 2.05) is 44.2 Å². The van der Waals surface area contributed by atoms with Crippen LogP contribution in [0.5, 0.6) is 0 Å². The van der Waals surface area contributed by atoms with Gasteiger partial charge in [0.2, 0.25) is 11.8 Å². The molecule has 0 saturated carbocycles. The number of aromatic amines is 1. The van der Waals surface area contributed by atoms with Gasteiger partial charge in [0, 0.05) is 12.5 Å². The van der Waals surface area contributed by atoms with Crippen molar-refractivity contribution in [3.05, 3.63) is 42.4 Å². The standard InChI is InChI=1S/C25H30F3N5O5/c1-14(2)10-18(33-24(37)21-30-12-19(31-21)15-6-4-3-5-7-15)23(36)32-17(11-16-8-9-29-22(16)35)20(34)13-38-25(26,27)28/h3-7,12,14,16-18H,8-11,13H2,1-2H3,(H,29,35)(H,30,31)(H,32,36)(H,33,37). The van der Waals surface area contributed by atoms with Gasteiger partial charge in [-0.1, -0.05) is 44.2 Å². The number of alkyl halides is 3. The van der Waals surface area contributed by atoms with Crippen molar-refractivity contribution in [2.75, 3.05) is 13.2 Å². The molecule has 2 aromatic rings. The molecule has 1 fully saturated rings. The van der Waals surface area contributed by atoms with Gasteiger partial charge in [-0.25, -0.2) is 4.98 Å². The second kappa shape index (κ2) is 12.7. The number of hydrogen-bond donors (Lipinski definition) is 4. The van der Waals surface area contributed by atoms with Crippen LogP contribution in [0, 0.1) is 11.8 Å². The summed E-state index contributed by atoms with van der Waals surface area (Å²) in [5.41, 5.74) is 1.39. The van der Waals surface area contributed by atoms with Crippen molar-refractivity contribution in [2.45, 2.75) is 51.6 Å². The molecule has 3 rings (SSSR count). The van der Waals surface area contributed by atoms with Crippen molar-refractivity contribution in [3.63, 3.8) is 0 Å². The van der Waals surface area contributed by atoms with Crippen molar-refractivity contribution in [1.82, 2.24) is 25.9 Å². The Hall–Kier alpha value is -3.74. The molecule has 3 atom stereocenters. The summed E-state index contributed by atoms with van der Waals surface area (Å²) in [4.78, 5) is 57.6. The van der Waals surface area contributed by atoms with Crippen molar-refractivity contribution < 1.29 is 37.1 Å². The number of ether oxygens (including phenoxy) is 1. The third-order valence-electron chi connectivity index (χ3n) is 5.97. The number of rotatable bonds is 12. The van der Waals surface area contributed by atoms with E-state index in [1.165, 1.54) is 6.20 Å². The number of carbonyl (C=O) groups excluding carboxylic acids is 4. The van der Waals surface area contributed by atoms with Gasteiger partial charge in [-0.3, -0.25) is 23.9 Å². The van der Waals surface area contributed by atoms with Gasteiger partial charge in [0.1, 0.15) is 12.6 Å². The number of amides is 3. The Morgan fingerprint density at radius 2 is 1.84 bits per heavy atom. The van der Waals surface area contributed by atoms with Gasteiger partial charge in [0.05, 0.1) is 17.9 Å². The molecule has 0 aliphatic carbocycles. The largest absolute Gasteiger partial charge is 0.522 e. The minimum atomic E-state index is -5.04. The smallest absolute Gasteiger partial charge is 0.356 e. The van der Waals surface area contributed by atoms with Gasteiger partial charge in [0.25, 0.3) is 5.91 Å². The van der Waals surface area contributed by atoms with E-state index in [2.05, 4.69) is 30.7 Å². The third-order valence-corrected chi connectivity index (χ3v) is 5.97. The molecule has 1 saturated heterocycles. The first-order valence-corrected chi connectivity index (χ1v) is 12.2. The molecule has 38 heavy (non-hydrogen) atoms. The molecule has 3 amide bonds. The van der Waals surface area contributed by atoms with Crippen LogP contribution < -0.4 is 16.0 Å². The summed E-state index contributed by atoms with van der Waals surface area (Å²) < 4.78 is 41.2. The number of carbonyl (C=O) groups is 4. The van der Waals surface area contributed by atoms with Gasteiger partial charge >= 0.3 is 6.36 Å². The third kappa shape index (κ3) is 8.40. The summed E-state index contributed by atoms with van der Waals surface area (Å²) in [7, 11) is 0. The second-order valence-corrected chi connectivity index (χ2v) is 9.44. The van der Waals surface area contributed by atoms with E-state index in [0.29, 0.717) is 18.7 Å². The average Bonchev–Trinajstić information content (AvgIpc) is 3.51. The van der Waals surface area contributed by atoms with Crippen molar-refractivity contribution in [2.24, 2.45) is 11.8 Å². The van der Waals surface area contributed by atoms with Crippen molar-refractivity contribution >= 4 is 23.5 Å². The van der Waals surface area contributed by atoms with Crippen LogP contribution in [0.2, 0.25) is 0 Å². The predicted octanol–water partition coefficient (Wildman–Crippen LogP) is 2.34. The highest BCUT2D eigenvalue weighted by Gasteiger charge is 2.36. The number of halogens is 3. The molecular weight excluding hydrogens is 507 g/mol. The van der Waals surface area contributed by atoms with Crippen molar-refractivity contribution in [1.29, 1.82) is 0 Å². The van der Waals surface area contributed by atoms with Gasteiger partial charge in [-0.15, -0.1) is 13.2 Å². The topological polar surface area (TPSA) is 142 Å². The number of aromatic nitrogens is 2. The highest BCUT2D eigenvalue weighted by molar-refractivity contribution is 5.97. The number of Topliss-reactive ketones (excluding diaryl/α,β-unsaturated/α-hetero) is 1. The molecular formula is C25H30F3N5O5. The first kappa shape index (κ1) is 28.8. The predicted molar refractivity (Wildman–Crippen MR) is 129 cm³/mol. The molecule has 206 valence electrons. The van der Waals surface area contributed by atoms with Crippen LogP contribution in [0.4, 0.5) is 13.2 Å². The maximum atomic E-state index is 13.2. The van der Waals surface area contributed by atoms with E-state index in [-0.39, 0.29) is 30.5 Å². The number of nitrogens with one attached hydrogen (secondary N) is 4. The molecule has 1 aliphatic rings. The zero-order valence-electron chi connectivity index (χ0n) is 20.9. The lowest BCUT2D eigenvalue weighted by Crippen LogP contribution is -2.53. The molecule has 4 N–H and O–H groups in total. The number of nitrogens with zero attached hydrogens (tertiary/aromatic N) is 1. The quantitative estimate of drug-likeness (QED) is 0.327. The molecule has 0 bridgehead atoms. The zero-order valence-corrected chi connectivity index (χ0v) is 20.9. The first-order valence-electron chi connectivity index (χ1n) is 12.2. The lowest BCUT2D eigenvalue weighted by molar-refractivity contribution is -0.321. The molecule has 1 aromatic heterocycles. The molecule has 0 radical (unpaired) electrons. The highest BCUT2D eigenvalue weighted by Crippen LogP contribution is 2.20. The first-order chi connectivity index (χ1) is 17.9. The van der Waals surface area contributed by atoms with Crippen molar-refractivity contribution in [3.8, 4) is 11.3 Å². The molecule has 1 aromatic carbocycles. The molecule has 13 heteroatoms. The number of imidazole rings is 1. The van der Waals surface area contributed by atoms with E-state index in [9.17, 15) is 32.3 Å². The van der Waals surface area contributed by atoms with E-state index in [0.717, 1.165) is 5.56 Å². The van der Waals surface area contributed by atoms with E-state index in [4.69, 9.17) is 0 Å². The number of benzene rings is 1. The number of H-pyrrole nitrogens is 1. The van der Waals surface area contributed by atoms with Crippen LogP contribution in [0.15, 0.2) is 36.5 Å². The zero-order chi connectivity index (χ0) is 27.9. The van der Waals surface area contributed by atoms with E-state index >= 15 is 0 Å². The Balaban J connectivity index is 1.73. The minimum absolute atomic E-state index is 0.0424. The lowest BCUT2D eigenvalue weighted by atomic mass is 9.95. The van der Waals surface area contributed by atoms with Crippen LogP contribution in [0.1, 0.15) is 43.7 Å². The Kier molecular flexibility index (Phi) is 9.61.